The number of benzene rings is 2. The average Bonchev–Trinajstić information content (AvgIpc) is 2.60. The van der Waals surface area contributed by atoms with E-state index in [1.165, 1.54) is 12.1 Å². The van der Waals surface area contributed by atoms with Gasteiger partial charge in [-0.15, -0.1) is 0 Å². The zero-order valence-electron chi connectivity index (χ0n) is 14.9. The molecule has 2 aromatic rings. The molecule has 136 valence electrons. The molecule has 0 aliphatic heterocycles. The van der Waals surface area contributed by atoms with Crippen LogP contribution in [0.1, 0.15) is 38.3 Å². The Morgan fingerprint density at radius 2 is 1.80 bits per heavy atom. The summed E-state index contributed by atoms with van der Waals surface area (Å²) in [4.78, 5) is 0. The Balaban J connectivity index is 2.13. The molecule has 0 spiro atoms. The van der Waals surface area contributed by atoms with Crippen LogP contribution < -0.4 is 14.8 Å². The highest BCUT2D eigenvalue weighted by atomic mass is 35.5. The predicted octanol–water partition coefficient (Wildman–Crippen LogP) is 5.34. The second-order valence-electron chi connectivity index (χ2n) is 5.94. The molecule has 3 nitrogen and oxygen atoms in total. The van der Waals surface area contributed by atoms with Crippen molar-refractivity contribution in [2.75, 3.05) is 6.61 Å². The molecule has 0 heterocycles. The summed E-state index contributed by atoms with van der Waals surface area (Å²) >= 11 is 6.42. The van der Waals surface area contributed by atoms with Crippen molar-refractivity contribution in [1.82, 2.24) is 5.32 Å². The average molecular weight is 366 g/mol. The van der Waals surface area contributed by atoms with Gasteiger partial charge in [-0.05, 0) is 55.7 Å². The molecule has 0 bridgehead atoms. The molecule has 0 radical (unpaired) electrons. The Labute approximate surface area is 154 Å². The quantitative estimate of drug-likeness (QED) is 0.650. The molecule has 0 saturated carbocycles. The Morgan fingerprint density at radius 3 is 2.44 bits per heavy atom. The Bertz CT molecular complexity index is 676. The van der Waals surface area contributed by atoms with Crippen molar-refractivity contribution in [3.63, 3.8) is 0 Å². The summed E-state index contributed by atoms with van der Waals surface area (Å²) < 4.78 is 24.5. The molecule has 0 saturated heterocycles. The minimum atomic E-state index is -0.269. The Morgan fingerprint density at radius 1 is 1.08 bits per heavy atom. The molecule has 0 aliphatic carbocycles. The van der Waals surface area contributed by atoms with Gasteiger partial charge in [-0.1, -0.05) is 30.7 Å². The van der Waals surface area contributed by atoms with Crippen LogP contribution in [0.2, 0.25) is 5.02 Å². The lowest BCUT2D eigenvalue weighted by Crippen LogP contribution is -2.24. The van der Waals surface area contributed by atoms with Gasteiger partial charge in [0.1, 0.15) is 12.4 Å². The van der Waals surface area contributed by atoms with Crippen LogP contribution in [0.15, 0.2) is 36.4 Å². The summed E-state index contributed by atoms with van der Waals surface area (Å²) in [6.45, 7) is 7.73. The van der Waals surface area contributed by atoms with Gasteiger partial charge >= 0.3 is 0 Å². The van der Waals surface area contributed by atoms with Crippen LogP contribution in [0.4, 0.5) is 4.39 Å². The van der Waals surface area contributed by atoms with E-state index < -0.39 is 0 Å². The summed E-state index contributed by atoms with van der Waals surface area (Å²) in [5, 5.41) is 3.95. The zero-order valence-corrected chi connectivity index (χ0v) is 15.7. The predicted molar refractivity (Wildman–Crippen MR) is 99.9 cm³/mol. The Kier molecular flexibility index (Phi) is 7.53. The SMILES string of the molecule is CCOc1cc(CN[C@H](C)CC)cc(Cl)c1OCc1ccc(F)cc1. The molecule has 1 N–H and O–H groups in total. The molecule has 2 rings (SSSR count). The first kappa shape index (κ1) is 19.5. The lowest BCUT2D eigenvalue weighted by atomic mass is 10.1. The van der Waals surface area contributed by atoms with E-state index in [0.29, 0.717) is 42.3 Å². The minimum absolute atomic E-state index is 0.269. The third-order valence-electron chi connectivity index (χ3n) is 3.93. The van der Waals surface area contributed by atoms with E-state index in [-0.39, 0.29) is 5.82 Å². The van der Waals surface area contributed by atoms with Gasteiger partial charge in [0.15, 0.2) is 11.5 Å². The molecule has 2 aromatic carbocycles. The van der Waals surface area contributed by atoms with Crippen LogP contribution in [0, 0.1) is 5.82 Å². The van der Waals surface area contributed by atoms with Gasteiger partial charge in [0.25, 0.3) is 0 Å². The van der Waals surface area contributed by atoms with E-state index in [0.717, 1.165) is 17.5 Å². The zero-order chi connectivity index (χ0) is 18.2. The first-order valence-electron chi connectivity index (χ1n) is 8.59. The van der Waals surface area contributed by atoms with Gasteiger partial charge in [-0.25, -0.2) is 4.39 Å². The molecule has 0 fully saturated rings. The first-order valence-corrected chi connectivity index (χ1v) is 8.97. The normalized spacial score (nSPS) is 12.0. The second-order valence-corrected chi connectivity index (χ2v) is 6.35. The van der Waals surface area contributed by atoms with Crippen molar-refractivity contribution in [3.05, 3.63) is 58.4 Å². The van der Waals surface area contributed by atoms with Crippen LogP contribution in [0.5, 0.6) is 11.5 Å². The smallest absolute Gasteiger partial charge is 0.180 e. The van der Waals surface area contributed by atoms with Gasteiger partial charge in [-0.2, -0.15) is 0 Å². The number of hydrogen-bond donors (Lipinski definition) is 1. The second kappa shape index (κ2) is 9.64. The maximum Gasteiger partial charge on any atom is 0.180 e. The third-order valence-corrected chi connectivity index (χ3v) is 4.21. The number of halogens is 2. The maximum absolute atomic E-state index is 13.0. The monoisotopic (exact) mass is 365 g/mol. The number of rotatable bonds is 9. The molecule has 0 unspecified atom stereocenters. The van der Waals surface area contributed by atoms with Crippen LogP contribution in [-0.4, -0.2) is 12.6 Å². The highest BCUT2D eigenvalue weighted by Crippen LogP contribution is 2.37. The minimum Gasteiger partial charge on any atom is -0.490 e. The van der Waals surface area contributed by atoms with E-state index >= 15 is 0 Å². The van der Waals surface area contributed by atoms with Crippen LogP contribution in [-0.2, 0) is 13.2 Å². The van der Waals surface area contributed by atoms with Gasteiger partial charge in [0, 0.05) is 12.6 Å². The highest BCUT2D eigenvalue weighted by Gasteiger charge is 2.13. The van der Waals surface area contributed by atoms with E-state index in [9.17, 15) is 4.39 Å². The molecule has 0 aromatic heterocycles. The van der Waals surface area contributed by atoms with Crippen LogP contribution >= 0.6 is 11.6 Å². The van der Waals surface area contributed by atoms with Crippen molar-refractivity contribution in [1.29, 1.82) is 0 Å². The van der Waals surface area contributed by atoms with Gasteiger partial charge < -0.3 is 14.8 Å². The van der Waals surface area contributed by atoms with Gasteiger partial charge in [0.05, 0.1) is 11.6 Å². The van der Waals surface area contributed by atoms with Gasteiger partial charge in [-0.3, -0.25) is 0 Å². The molecular weight excluding hydrogens is 341 g/mol. The van der Waals surface area contributed by atoms with E-state index in [2.05, 4.69) is 19.2 Å². The van der Waals surface area contributed by atoms with Gasteiger partial charge in [0.2, 0.25) is 0 Å². The van der Waals surface area contributed by atoms with Crippen molar-refractivity contribution >= 4 is 11.6 Å². The standard InChI is InChI=1S/C20H25ClFNO2/c1-4-14(3)23-12-16-10-18(21)20(19(11-16)24-5-2)25-13-15-6-8-17(22)9-7-15/h6-11,14,23H,4-5,12-13H2,1-3H3/t14-/m1/s1. The molecule has 0 aliphatic rings. The largest absolute Gasteiger partial charge is 0.490 e. The fraction of sp³-hybridized carbons (Fsp3) is 0.400. The molecular formula is C20H25ClFNO2. The highest BCUT2D eigenvalue weighted by molar-refractivity contribution is 6.32. The Hall–Kier alpha value is -1.78. The lowest BCUT2D eigenvalue weighted by Gasteiger charge is -2.17. The van der Waals surface area contributed by atoms with Crippen molar-refractivity contribution in [2.24, 2.45) is 0 Å². The van der Waals surface area contributed by atoms with Crippen molar-refractivity contribution in [2.45, 2.75) is 46.4 Å². The molecule has 0 amide bonds. The molecule has 1 atom stereocenters. The van der Waals surface area contributed by atoms with Crippen molar-refractivity contribution < 1.29 is 13.9 Å². The van der Waals surface area contributed by atoms with E-state index in [1.54, 1.807) is 12.1 Å². The fourth-order valence-electron chi connectivity index (χ4n) is 2.30. The number of hydrogen-bond acceptors (Lipinski definition) is 3. The van der Waals surface area contributed by atoms with E-state index in [1.807, 2.05) is 19.1 Å². The van der Waals surface area contributed by atoms with Crippen molar-refractivity contribution in [3.8, 4) is 11.5 Å². The molecule has 5 heteroatoms. The topological polar surface area (TPSA) is 30.5 Å². The summed E-state index contributed by atoms with van der Waals surface area (Å²) in [6, 6.07) is 10.5. The van der Waals surface area contributed by atoms with Crippen LogP contribution in [0.3, 0.4) is 0 Å². The maximum atomic E-state index is 13.0. The summed E-state index contributed by atoms with van der Waals surface area (Å²) in [6.07, 6.45) is 1.06. The van der Waals surface area contributed by atoms with E-state index in [4.69, 9.17) is 21.1 Å². The third kappa shape index (κ3) is 5.91. The number of nitrogens with one attached hydrogen (secondary N) is 1. The van der Waals surface area contributed by atoms with Crippen LogP contribution in [0.25, 0.3) is 0 Å². The summed E-state index contributed by atoms with van der Waals surface area (Å²) in [5.74, 6) is 0.869. The molecule has 25 heavy (non-hydrogen) atoms. The first-order chi connectivity index (χ1) is 12.0. The number of ether oxygens (including phenoxy) is 2. The summed E-state index contributed by atoms with van der Waals surface area (Å²) in [7, 11) is 0. The summed E-state index contributed by atoms with van der Waals surface area (Å²) in [5.41, 5.74) is 1.91. The fourth-order valence-corrected chi connectivity index (χ4v) is 2.59. The lowest BCUT2D eigenvalue weighted by molar-refractivity contribution is 0.269.